The standard InChI is InChI=1S/C14H15N3S/c1-9-3-6-14(18-9)10(2)16-12-4-5-13-11(7-12)8-15-17-13/h3-8,10,16H,1-2H3,(H,15,17). The van der Waals surface area contributed by atoms with Crippen molar-refractivity contribution in [3.8, 4) is 0 Å². The Labute approximate surface area is 110 Å². The number of hydrogen-bond donors (Lipinski definition) is 2. The fourth-order valence-electron chi connectivity index (χ4n) is 2.04. The number of fused-ring (bicyclic) bond motifs is 1. The summed E-state index contributed by atoms with van der Waals surface area (Å²) in [7, 11) is 0. The van der Waals surface area contributed by atoms with Crippen LogP contribution in [-0.4, -0.2) is 10.2 Å². The topological polar surface area (TPSA) is 40.7 Å². The van der Waals surface area contributed by atoms with E-state index in [4.69, 9.17) is 0 Å². The minimum absolute atomic E-state index is 0.327. The highest BCUT2D eigenvalue weighted by atomic mass is 32.1. The van der Waals surface area contributed by atoms with Gasteiger partial charge in [-0.25, -0.2) is 0 Å². The molecular weight excluding hydrogens is 242 g/mol. The first-order valence-corrected chi connectivity index (χ1v) is 6.80. The number of nitrogens with zero attached hydrogens (tertiary/aromatic N) is 1. The second-order valence-electron chi connectivity index (χ2n) is 4.49. The van der Waals surface area contributed by atoms with Gasteiger partial charge in [-0.1, -0.05) is 0 Å². The van der Waals surface area contributed by atoms with Crippen LogP contribution in [0.4, 0.5) is 5.69 Å². The fraction of sp³-hybridized carbons (Fsp3) is 0.214. The minimum Gasteiger partial charge on any atom is -0.378 e. The summed E-state index contributed by atoms with van der Waals surface area (Å²) in [6.07, 6.45) is 1.85. The van der Waals surface area contributed by atoms with Gasteiger partial charge in [0.2, 0.25) is 0 Å². The molecule has 4 heteroatoms. The molecular formula is C14H15N3S. The van der Waals surface area contributed by atoms with Crippen molar-refractivity contribution in [2.75, 3.05) is 5.32 Å². The Morgan fingerprint density at radius 3 is 2.94 bits per heavy atom. The molecule has 2 N–H and O–H groups in total. The first-order chi connectivity index (χ1) is 8.72. The van der Waals surface area contributed by atoms with E-state index in [0.29, 0.717) is 6.04 Å². The Morgan fingerprint density at radius 1 is 1.28 bits per heavy atom. The van der Waals surface area contributed by atoms with Crippen LogP contribution in [-0.2, 0) is 0 Å². The maximum Gasteiger partial charge on any atom is 0.0651 e. The number of H-pyrrole nitrogens is 1. The van der Waals surface area contributed by atoms with E-state index in [0.717, 1.165) is 16.6 Å². The molecule has 0 bridgehead atoms. The van der Waals surface area contributed by atoms with Gasteiger partial charge in [0.05, 0.1) is 17.8 Å². The van der Waals surface area contributed by atoms with E-state index in [-0.39, 0.29) is 0 Å². The number of rotatable bonds is 3. The highest BCUT2D eigenvalue weighted by molar-refractivity contribution is 7.12. The van der Waals surface area contributed by atoms with Gasteiger partial charge < -0.3 is 5.32 Å². The number of nitrogens with one attached hydrogen (secondary N) is 2. The molecule has 0 amide bonds. The fourth-order valence-corrected chi connectivity index (χ4v) is 2.92. The smallest absolute Gasteiger partial charge is 0.0651 e. The molecule has 3 aromatic rings. The zero-order valence-corrected chi connectivity index (χ0v) is 11.2. The summed E-state index contributed by atoms with van der Waals surface area (Å²) in [6, 6.07) is 10.9. The summed E-state index contributed by atoms with van der Waals surface area (Å²) in [6.45, 7) is 4.32. The third-order valence-corrected chi connectivity index (χ3v) is 4.19. The van der Waals surface area contributed by atoms with Crippen LogP contribution in [0.3, 0.4) is 0 Å². The molecule has 1 atom stereocenters. The molecule has 0 aliphatic heterocycles. The molecule has 18 heavy (non-hydrogen) atoms. The van der Waals surface area contributed by atoms with Crippen LogP contribution in [0, 0.1) is 6.92 Å². The number of aryl methyl sites for hydroxylation is 1. The molecule has 2 heterocycles. The van der Waals surface area contributed by atoms with Gasteiger partial charge in [-0.3, -0.25) is 5.10 Å². The Bertz CT molecular complexity index is 668. The van der Waals surface area contributed by atoms with Crippen LogP contribution < -0.4 is 5.32 Å². The van der Waals surface area contributed by atoms with Crippen molar-refractivity contribution in [1.82, 2.24) is 10.2 Å². The van der Waals surface area contributed by atoms with Gasteiger partial charge in [-0.05, 0) is 44.2 Å². The summed E-state index contributed by atoms with van der Waals surface area (Å²) in [5.41, 5.74) is 2.20. The number of benzene rings is 1. The van der Waals surface area contributed by atoms with Crippen molar-refractivity contribution in [3.05, 3.63) is 46.3 Å². The molecule has 3 nitrogen and oxygen atoms in total. The molecule has 0 aliphatic rings. The van der Waals surface area contributed by atoms with Crippen LogP contribution >= 0.6 is 11.3 Å². The Balaban J connectivity index is 1.83. The Morgan fingerprint density at radius 2 is 2.17 bits per heavy atom. The SMILES string of the molecule is Cc1ccc(C(C)Nc2ccc3[nH]ncc3c2)s1. The van der Waals surface area contributed by atoms with Crippen LogP contribution in [0.15, 0.2) is 36.5 Å². The van der Waals surface area contributed by atoms with E-state index < -0.39 is 0 Å². The van der Waals surface area contributed by atoms with Crippen LogP contribution in [0.5, 0.6) is 0 Å². The van der Waals surface area contributed by atoms with Gasteiger partial charge in [0.25, 0.3) is 0 Å². The van der Waals surface area contributed by atoms with E-state index in [2.05, 4.69) is 59.7 Å². The zero-order valence-electron chi connectivity index (χ0n) is 10.4. The largest absolute Gasteiger partial charge is 0.378 e. The monoisotopic (exact) mass is 257 g/mol. The summed E-state index contributed by atoms with van der Waals surface area (Å²) in [4.78, 5) is 2.71. The molecule has 3 rings (SSSR count). The van der Waals surface area contributed by atoms with Gasteiger partial charge in [0.1, 0.15) is 0 Å². The van der Waals surface area contributed by atoms with Crippen molar-refractivity contribution in [2.24, 2.45) is 0 Å². The van der Waals surface area contributed by atoms with Crippen molar-refractivity contribution >= 4 is 27.9 Å². The van der Waals surface area contributed by atoms with E-state index in [1.165, 1.54) is 9.75 Å². The van der Waals surface area contributed by atoms with Crippen LogP contribution in [0.1, 0.15) is 22.7 Å². The lowest BCUT2D eigenvalue weighted by molar-refractivity contribution is 0.909. The number of anilines is 1. The van der Waals surface area contributed by atoms with E-state index in [9.17, 15) is 0 Å². The maximum absolute atomic E-state index is 4.03. The first kappa shape index (κ1) is 11.3. The normalized spacial score (nSPS) is 12.8. The van der Waals surface area contributed by atoms with Crippen molar-refractivity contribution < 1.29 is 0 Å². The lowest BCUT2D eigenvalue weighted by Crippen LogP contribution is -2.04. The molecule has 92 valence electrons. The molecule has 0 spiro atoms. The first-order valence-electron chi connectivity index (χ1n) is 5.98. The number of aromatic nitrogens is 2. The molecule has 0 saturated carbocycles. The predicted molar refractivity (Wildman–Crippen MR) is 77.2 cm³/mol. The zero-order chi connectivity index (χ0) is 12.5. The lowest BCUT2D eigenvalue weighted by atomic mass is 10.2. The summed E-state index contributed by atoms with van der Waals surface area (Å²) in [5.74, 6) is 0. The average molecular weight is 257 g/mol. The molecule has 2 aromatic heterocycles. The molecule has 1 unspecified atom stereocenters. The number of aromatic amines is 1. The van der Waals surface area contributed by atoms with Crippen molar-refractivity contribution in [1.29, 1.82) is 0 Å². The highest BCUT2D eigenvalue weighted by Gasteiger charge is 2.07. The van der Waals surface area contributed by atoms with E-state index >= 15 is 0 Å². The predicted octanol–water partition coefficient (Wildman–Crippen LogP) is 4.11. The van der Waals surface area contributed by atoms with Gasteiger partial charge in [0.15, 0.2) is 0 Å². The molecule has 0 aliphatic carbocycles. The van der Waals surface area contributed by atoms with Crippen molar-refractivity contribution in [3.63, 3.8) is 0 Å². The van der Waals surface area contributed by atoms with Crippen LogP contribution in [0.2, 0.25) is 0 Å². The van der Waals surface area contributed by atoms with E-state index in [1.807, 2.05) is 17.5 Å². The van der Waals surface area contributed by atoms with Gasteiger partial charge in [-0.15, -0.1) is 11.3 Å². The maximum atomic E-state index is 4.03. The Hall–Kier alpha value is -1.81. The molecule has 1 aromatic carbocycles. The molecule has 0 fully saturated rings. The number of hydrogen-bond acceptors (Lipinski definition) is 3. The third-order valence-electron chi connectivity index (χ3n) is 3.01. The van der Waals surface area contributed by atoms with Crippen LogP contribution in [0.25, 0.3) is 10.9 Å². The third kappa shape index (κ3) is 2.11. The second-order valence-corrected chi connectivity index (χ2v) is 5.81. The van der Waals surface area contributed by atoms with E-state index in [1.54, 1.807) is 0 Å². The molecule has 0 saturated heterocycles. The van der Waals surface area contributed by atoms with Gasteiger partial charge >= 0.3 is 0 Å². The molecule has 0 radical (unpaired) electrons. The van der Waals surface area contributed by atoms with Gasteiger partial charge in [0, 0.05) is 20.8 Å². The van der Waals surface area contributed by atoms with Crippen molar-refractivity contribution in [2.45, 2.75) is 19.9 Å². The highest BCUT2D eigenvalue weighted by Crippen LogP contribution is 2.26. The Kier molecular flexibility index (Phi) is 2.80. The number of thiophene rings is 1. The summed E-state index contributed by atoms with van der Waals surface area (Å²) in [5, 5.41) is 11.6. The quantitative estimate of drug-likeness (QED) is 0.741. The minimum atomic E-state index is 0.327. The lowest BCUT2D eigenvalue weighted by Gasteiger charge is -2.13. The summed E-state index contributed by atoms with van der Waals surface area (Å²) >= 11 is 1.84. The second kappa shape index (κ2) is 4.46. The van der Waals surface area contributed by atoms with Gasteiger partial charge in [-0.2, -0.15) is 5.10 Å². The average Bonchev–Trinajstić information content (AvgIpc) is 2.96. The summed E-state index contributed by atoms with van der Waals surface area (Å²) < 4.78 is 0.